The Kier molecular flexibility index (Phi) is 4.01. The van der Waals surface area contributed by atoms with Gasteiger partial charge in [0.1, 0.15) is 5.15 Å². The zero-order valence-corrected chi connectivity index (χ0v) is 11.4. The maximum absolute atomic E-state index is 11.6. The van der Waals surface area contributed by atoms with Crippen LogP contribution in [0.1, 0.15) is 17.0 Å². The highest BCUT2D eigenvalue weighted by atomic mass is 35.5. The summed E-state index contributed by atoms with van der Waals surface area (Å²) < 4.78 is 1.57. The molecule has 0 spiro atoms. The molecule has 2 aromatic heterocycles. The summed E-state index contributed by atoms with van der Waals surface area (Å²) in [5, 5.41) is 14.0. The first-order chi connectivity index (χ1) is 9.08. The Morgan fingerprint density at radius 1 is 1.63 bits per heavy atom. The summed E-state index contributed by atoms with van der Waals surface area (Å²) in [6.07, 6.45) is 4.73. The predicted octanol–water partition coefficient (Wildman–Crippen LogP) is 1.43. The molecular weight excluding hydrogens is 266 g/mol. The number of carbonyl (C=O) groups excluding carboxylic acids is 1. The second-order valence-electron chi connectivity index (χ2n) is 4.05. The third-order valence-electron chi connectivity index (χ3n) is 2.61. The van der Waals surface area contributed by atoms with E-state index in [0.29, 0.717) is 11.7 Å². The molecule has 0 bridgehead atoms. The summed E-state index contributed by atoms with van der Waals surface area (Å²) in [5.41, 5.74) is 2.38. The first-order valence-electron chi connectivity index (χ1n) is 5.71. The van der Waals surface area contributed by atoms with E-state index in [0.717, 1.165) is 17.0 Å². The van der Waals surface area contributed by atoms with Gasteiger partial charge in [-0.05, 0) is 19.1 Å². The summed E-state index contributed by atoms with van der Waals surface area (Å²) in [7, 11) is 1.75. The Morgan fingerprint density at radius 2 is 2.42 bits per heavy atom. The molecule has 1 amide bonds. The molecule has 19 heavy (non-hydrogen) atoms. The molecule has 0 saturated heterocycles. The second kappa shape index (κ2) is 5.71. The fraction of sp³-hybridized carbons (Fsp3) is 0.250. The minimum Gasteiger partial charge on any atom is -0.347 e. The normalized spacial score (nSPS) is 11.1. The van der Waals surface area contributed by atoms with Crippen LogP contribution in [-0.4, -0.2) is 25.9 Å². The minimum absolute atomic E-state index is 0.200. The summed E-state index contributed by atoms with van der Waals surface area (Å²) in [5.74, 6) is -0.200. The molecule has 6 nitrogen and oxygen atoms in total. The number of hydrogen-bond donors (Lipinski definition) is 2. The van der Waals surface area contributed by atoms with E-state index in [2.05, 4.69) is 20.6 Å². The lowest BCUT2D eigenvalue weighted by atomic mass is 10.2. The van der Waals surface area contributed by atoms with E-state index in [4.69, 9.17) is 11.6 Å². The molecular formula is C12H14ClN5O. The van der Waals surface area contributed by atoms with Gasteiger partial charge in [0.25, 0.3) is 0 Å². The lowest BCUT2D eigenvalue weighted by Gasteiger charge is -1.98. The smallest absolute Gasteiger partial charge is 0.244 e. The minimum atomic E-state index is -0.200. The Hall–Kier alpha value is -2.08. The highest BCUT2D eigenvalue weighted by Gasteiger charge is 2.08. The topological polar surface area (TPSA) is 75.6 Å². The van der Waals surface area contributed by atoms with Gasteiger partial charge in [0.2, 0.25) is 5.91 Å². The monoisotopic (exact) mass is 279 g/mol. The van der Waals surface area contributed by atoms with Crippen LogP contribution in [0.25, 0.3) is 6.08 Å². The van der Waals surface area contributed by atoms with Crippen molar-refractivity contribution in [3.63, 3.8) is 0 Å². The molecule has 0 unspecified atom stereocenters. The van der Waals surface area contributed by atoms with Gasteiger partial charge in [-0.1, -0.05) is 11.6 Å². The van der Waals surface area contributed by atoms with Gasteiger partial charge in [-0.2, -0.15) is 10.2 Å². The zero-order chi connectivity index (χ0) is 13.8. The zero-order valence-electron chi connectivity index (χ0n) is 10.6. The molecule has 0 fully saturated rings. The lowest BCUT2D eigenvalue weighted by Crippen LogP contribution is -2.20. The molecule has 2 rings (SSSR count). The second-order valence-corrected chi connectivity index (χ2v) is 4.40. The molecule has 100 valence electrons. The number of aromatic amines is 1. The molecule has 0 aliphatic rings. The van der Waals surface area contributed by atoms with Crippen molar-refractivity contribution in [3.8, 4) is 0 Å². The van der Waals surface area contributed by atoms with Gasteiger partial charge in [-0.25, -0.2) is 0 Å². The number of nitrogens with one attached hydrogen (secondary N) is 2. The number of nitrogens with zero attached hydrogens (tertiary/aromatic N) is 3. The van der Waals surface area contributed by atoms with Crippen molar-refractivity contribution in [2.75, 3.05) is 0 Å². The Bertz CT molecular complexity index is 600. The van der Waals surface area contributed by atoms with Crippen LogP contribution in [0.4, 0.5) is 0 Å². The van der Waals surface area contributed by atoms with Crippen molar-refractivity contribution in [1.82, 2.24) is 25.3 Å². The third kappa shape index (κ3) is 3.23. The van der Waals surface area contributed by atoms with Gasteiger partial charge in [-0.3, -0.25) is 14.6 Å². The summed E-state index contributed by atoms with van der Waals surface area (Å²) in [6.45, 7) is 2.25. The van der Waals surface area contributed by atoms with Gasteiger partial charge in [0, 0.05) is 24.9 Å². The van der Waals surface area contributed by atoms with Gasteiger partial charge >= 0.3 is 0 Å². The average molecular weight is 280 g/mol. The van der Waals surface area contributed by atoms with E-state index in [1.54, 1.807) is 30.1 Å². The molecule has 2 N–H and O–H groups in total. The van der Waals surface area contributed by atoms with Crippen LogP contribution < -0.4 is 5.32 Å². The predicted molar refractivity (Wildman–Crippen MR) is 72.4 cm³/mol. The fourth-order valence-corrected chi connectivity index (χ4v) is 1.86. The first kappa shape index (κ1) is 13.4. The maximum atomic E-state index is 11.6. The number of H-pyrrole nitrogens is 1. The Balaban J connectivity index is 1.96. The van der Waals surface area contributed by atoms with Crippen LogP contribution in [-0.2, 0) is 18.4 Å². The van der Waals surface area contributed by atoms with Crippen molar-refractivity contribution in [2.45, 2.75) is 13.5 Å². The number of aryl methyl sites for hydroxylation is 2. The van der Waals surface area contributed by atoms with E-state index in [1.165, 1.54) is 6.08 Å². The van der Waals surface area contributed by atoms with Crippen LogP contribution in [0.5, 0.6) is 0 Å². The molecule has 0 aliphatic carbocycles. The first-order valence-corrected chi connectivity index (χ1v) is 6.09. The Labute approximate surface area is 115 Å². The average Bonchev–Trinajstić information content (AvgIpc) is 2.96. The number of aromatic nitrogens is 4. The van der Waals surface area contributed by atoms with Crippen LogP contribution in [0.15, 0.2) is 18.3 Å². The van der Waals surface area contributed by atoms with E-state index in [-0.39, 0.29) is 5.91 Å². The molecule has 7 heteroatoms. The SMILES string of the molecule is Cc1nn(C)c(Cl)c1C=CC(=O)NCc1ccn[nH]1. The number of carbonyl (C=O) groups is 1. The van der Waals surface area contributed by atoms with Crippen molar-refractivity contribution < 1.29 is 4.79 Å². The third-order valence-corrected chi connectivity index (χ3v) is 3.06. The number of halogens is 1. The van der Waals surface area contributed by atoms with Gasteiger partial charge in [0.05, 0.1) is 17.9 Å². The summed E-state index contributed by atoms with van der Waals surface area (Å²) >= 11 is 6.06. The van der Waals surface area contributed by atoms with Crippen molar-refractivity contribution in [3.05, 3.63) is 40.4 Å². The summed E-state index contributed by atoms with van der Waals surface area (Å²) in [6, 6.07) is 1.80. The standard InChI is InChI=1S/C12H14ClN5O/c1-8-10(12(13)18(2)17-8)3-4-11(19)14-7-9-5-6-15-16-9/h3-6H,7H2,1-2H3,(H,14,19)(H,15,16). The largest absolute Gasteiger partial charge is 0.347 e. The van der Waals surface area contributed by atoms with E-state index in [1.807, 2.05) is 6.92 Å². The van der Waals surface area contributed by atoms with Crippen LogP contribution in [0, 0.1) is 6.92 Å². The van der Waals surface area contributed by atoms with Crippen molar-refractivity contribution in [1.29, 1.82) is 0 Å². The van der Waals surface area contributed by atoms with E-state index >= 15 is 0 Å². The molecule has 0 saturated carbocycles. The highest BCUT2D eigenvalue weighted by molar-refractivity contribution is 6.31. The fourth-order valence-electron chi connectivity index (χ4n) is 1.62. The number of hydrogen-bond acceptors (Lipinski definition) is 3. The van der Waals surface area contributed by atoms with Gasteiger partial charge in [-0.15, -0.1) is 0 Å². The van der Waals surface area contributed by atoms with Crippen molar-refractivity contribution >= 4 is 23.6 Å². The quantitative estimate of drug-likeness (QED) is 0.832. The Morgan fingerprint density at radius 3 is 3.00 bits per heavy atom. The molecule has 0 radical (unpaired) electrons. The molecule has 0 aliphatic heterocycles. The van der Waals surface area contributed by atoms with Crippen LogP contribution >= 0.6 is 11.6 Å². The van der Waals surface area contributed by atoms with Gasteiger partial charge < -0.3 is 5.32 Å². The molecule has 2 heterocycles. The number of amides is 1. The maximum Gasteiger partial charge on any atom is 0.244 e. The summed E-state index contributed by atoms with van der Waals surface area (Å²) in [4.78, 5) is 11.6. The van der Waals surface area contributed by atoms with Crippen LogP contribution in [0.2, 0.25) is 5.15 Å². The lowest BCUT2D eigenvalue weighted by molar-refractivity contribution is -0.116. The number of rotatable bonds is 4. The van der Waals surface area contributed by atoms with Gasteiger partial charge in [0.15, 0.2) is 0 Å². The molecule has 2 aromatic rings. The molecule has 0 aromatic carbocycles. The highest BCUT2D eigenvalue weighted by Crippen LogP contribution is 2.19. The molecule has 0 atom stereocenters. The van der Waals surface area contributed by atoms with Crippen molar-refractivity contribution in [2.24, 2.45) is 7.05 Å². The van der Waals surface area contributed by atoms with E-state index < -0.39 is 0 Å². The van der Waals surface area contributed by atoms with E-state index in [9.17, 15) is 4.79 Å². The van der Waals surface area contributed by atoms with Crippen LogP contribution in [0.3, 0.4) is 0 Å².